The van der Waals surface area contributed by atoms with Gasteiger partial charge in [-0.15, -0.1) is 34.0 Å². The lowest BCUT2D eigenvalue weighted by molar-refractivity contribution is 0.665. The maximum absolute atomic E-state index is 6.15. The highest BCUT2D eigenvalue weighted by atomic mass is 32.1. The molecule has 33 rings (SSSR count). The summed E-state index contributed by atoms with van der Waals surface area (Å²) in [6.07, 6.45) is 4.12. The minimum Gasteiger partial charge on any atom is -0.456 e. The summed E-state index contributed by atoms with van der Waals surface area (Å²) < 4.78 is 23.1. The molecule has 134 heavy (non-hydrogen) atoms. The van der Waals surface area contributed by atoms with Crippen LogP contribution >= 0.6 is 34.0 Å². The smallest absolute Gasteiger partial charge is 0.143 e. The zero-order valence-electron chi connectivity index (χ0n) is 72.7. The fourth-order valence-electron chi connectivity index (χ4n) is 22.7. The quantitative estimate of drug-likeness (QED) is 0.172. The first-order valence-electron chi connectivity index (χ1n) is 46.2. The van der Waals surface area contributed by atoms with E-state index in [4.69, 9.17) is 8.83 Å². The lowest BCUT2D eigenvalue weighted by atomic mass is 9.97. The molecule has 0 bridgehead atoms. The Labute approximate surface area is 781 Å². The number of aromatic nitrogens is 3. The number of aromatic amines is 2. The molecule has 0 saturated carbocycles. The minimum absolute atomic E-state index is 0.972. The molecule has 2 N–H and O–H groups in total. The monoisotopic (exact) mass is 1760 g/mol. The molecule has 0 radical (unpaired) electrons. The van der Waals surface area contributed by atoms with Crippen LogP contribution in [0.4, 0.5) is 0 Å². The van der Waals surface area contributed by atoms with E-state index in [0.29, 0.717) is 0 Å². The molecule has 0 saturated heterocycles. The average Bonchev–Trinajstić information content (AvgIpc) is 1.53. The van der Waals surface area contributed by atoms with E-state index in [-0.39, 0.29) is 0 Å². The van der Waals surface area contributed by atoms with E-state index in [0.717, 1.165) is 48.0 Å². The predicted molar refractivity (Wildman–Crippen MR) is 573 cm³/mol. The number of rotatable bonds is 1. The van der Waals surface area contributed by atoms with Crippen molar-refractivity contribution in [3.05, 3.63) is 463 Å². The number of thiophene rings is 3. The van der Waals surface area contributed by atoms with Gasteiger partial charge in [0.2, 0.25) is 0 Å². The van der Waals surface area contributed by atoms with Gasteiger partial charge in [-0.2, -0.15) is 0 Å². The van der Waals surface area contributed by atoms with Crippen molar-refractivity contribution in [1.82, 2.24) is 14.5 Å². The van der Waals surface area contributed by atoms with Gasteiger partial charge in [-0.1, -0.05) is 340 Å². The van der Waals surface area contributed by atoms with Crippen molar-refractivity contribution >= 4 is 225 Å². The fraction of sp³-hybridized carbons (Fsp3) is 0.0317. The SMILES string of the molecule is c1ccc(-n2c3ccccc3c3c4ccccc4c4c5ccccc5[nH]c4c32)cc1.c1ccc2c(c1)Cc1c-2ccc2c1oc1ccccc12.c1ccc2c(c1)Cc1ccc3c(oc4ccccc43)c1-2.c1ccc2c(c1)Cc1ccc3c(sc4ccccc43)c1-2.c1ccc2c(c1)[nH]c1ccc3sc4ccccc4c3c12.c1ccc2c3c(ccc2c1)Cc1ccc2c(sc4ccccc42)c1-3. The third-order valence-electron chi connectivity index (χ3n) is 28.5. The number of nitrogens with one attached hydrogen (secondary N) is 2. The van der Waals surface area contributed by atoms with Gasteiger partial charge in [0, 0.05) is 165 Å². The van der Waals surface area contributed by atoms with Gasteiger partial charge in [-0.25, -0.2) is 0 Å². The van der Waals surface area contributed by atoms with E-state index < -0.39 is 0 Å². The van der Waals surface area contributed by atoms with Gasteiger partial charge in [0.1, 0.15) is 22.3 Å². The molecular formula is C126H79N3O2S3. The molecule has 0 amide bonds. The lowest BCUT2D eigenvalue weighted by Gasteiger charge is -2.10. The van der Waals surface area contributed by atoms with E-state index in [1.807, 2.05) is 58.3 Å². The number of para-hydroxylation sites is 6. The van der Waals surface area contributed by atoms with Crippen LogP contribution in [0.15, 0.2) is 427 Å². The van der Waals surface area contributed by atoms with Crippen molar-refractivity contribution in [2.24, 2.45) is 0 Å². The Balaban J connectivity index is 0.0000000806. The topological polar surface area (TPSA) is 62.8 Å². The highest BCUT2D eigenvalue weighted by molar-refractivity contribution is 7.27. The van der Waals surface area contributed by atoms with Crippen LogP contribution in [0.25, 0.3) is 242 Å². The molecule has 8 heteroatoms. The first kappa shape index (κ1) is 76.6. The van der Waals surface area contributed by atoms with Crippen LogP contribution in [-0.2, 0) is 25.7 Å². The summed E-state index contributed by atoms with van der Waals surface area (Å²) in [5.74, 6) is 0. The second-order valence-corrected chi connectivity index (χ2v) is 39.0. The first-order chi connectivity index (χ1) is 66.5. The summed E-state index contributed by atoms with van der Waals surface area (Å²) in [5.41, 5.74) is 35.0. The molecule has 8 aromatic heterocycles. The third kappa shape index (κ3) is 12.0. The van der Waals surface area contributed by atoms with Crippen molar-refractivity contribution in [1.29, 1.82) is 0 Å². The van der Waals surface area contributed by atoms with Crippen molar-refractivity contribution in [2.45, 2.75) is 25.7 Å². The number of furan rings is 2. The third-order valence-corrected chi connectivity index (χ3v) is 32.1. The Hall–Kier alpha value is -16.2. The number of hydrogen-bond acceptors (Lipinski definition) is 5. The number of fused-ring (bicyclic) bond motifs is 47. The summed E-state index contributed by atoms with van der Waals surface area (Å²) >= 11 is 5.74. The summed E-state index contributed by atoms with van der Waals surface area (Å²) in [6, 6.07) is 150. The normalized spacial score (nSPS) is 12.5. The number of nitrogens with zero attached hydrogens (tertiary/aromatic N) is 1. The molecule has 0 atom stereocenters. The highest BCUT2D eigenvalue weighted by Gasteiger charge is 2.30. The van der Waals surface area contributed by atoms with Gasteiger partial charge in [-0.3, -0.25) is 0 Å². The first-order valence-corrected chi connectivity index (χ1v) is 48.6. The van der Waals surface area contributed by atoms with Gasteiger partial charge in [-0.05, 0) is 186 Å². The van der Waals surface area contributed by atoms with Crippen LogP contribution in [0, 0.1) is 0 Å². The maximum Gasteiger partial charge on any atom is 0.143 e. The van der Waals surface area contributed by atoms with E-state index in [1.54, 1.807) is 0 Å². The van der Waals surface area contributed by atoms with Crippen molar-refractivity contribution in [2.75, 3.05) is 0 Å². The molecule has 0 unspecified atom stereocenters. The summed E-state index contributed by atoms with van der Waals surface area (Å²) in [7, 11) is 0. The molecule has 29 aromatic rings. The van der Waals surface area contributed by atoms with Crippen molar-refractivity contribution < 1.29 is 8.83 Å². The molecule has 0 aliphatic heterocycles. The fourth-order valence-corrected chi connectivity index (χ4v) is 26.4. The van der Waals surface area contributed by atoms with E-state index in [9.17, 15) is 0 Å². The number of hydrogen-bond donors (Lipinski definition) is 2. The Morgan fingerprint density at radius 1 is 0.224 bits per heavy atom. The zero-order valence-corrected chi connectivity index (χ0v) is 75.1. The molecule has 628 valence electrons. The van der Waals surface area contributed by atoms with Crippen molar-refractivity contribution in [3.63, 3.8) is 0 Å². The summed E-state index contributed by atoms with van der Waals surface area (Å²) in [4.78, 5) is 7.29. The molecule has 0 fully saturated rings. The van der Waals surface area contributed by atoms with Crippen LogP contribution < -0.4 is 0 Å². The van der Waals surface area contributed by atoms with Crippen LogP contribution in [0.2, 0.25) is 0 Å². The Morgan fingerprint density at radius 3 is 1.37 bits per heavy atom. The Morgan fingerprint density at radius 2 is 0.679 bits per heavy atom. The van der Waals surface area contributed by atoms with Crippen LogP contribution in [0.3, 0.4) is 0 Å². The van der Waals surface area contributed by atoms with Gasteiger partial charge >= 0.3 is 0 Å². The van der Waals surface area contributed by atoms with E-state index in [2.05, 4.69) is 409 Å². The Kier molecular flexibility index (Phi) is 17.6. The summed E-state index contributed by atoms with van der Waals surface area (Å²) in [6.45, 7) is 0. The predicted octanol–water partition coefficient (Wildman–Crippen LogP) is 36.0. The molecule has 5 nitrogen and oxygen atoms in total. The highest BCUT2D eigenvalue weighted by Crippen LogP contribution is 2.53. The molecule has 8 heterocycles. The van der Waals surface area contributed by atoms with Crippen molar-refractivity contribution in [3.8, 4) is 50.2 Å². The lowest BCUT2D eigenvalue weighted by Crippen LogP contribution is -1.94. The molecule has 4 aliphatic carbocycles. The largest absolute Gasteiger partial charge is 0.456 e. The van der Waals surface area contributed by atoms with Crippen LogP contribution in [0.5, 0.6) is 0 Å². The van der Waals surface area contributed by atoms with Gasteiger partial charge in [0.05, 0.1) is 16.6 Å². The molecule has 0 spiro atoms. The van der Waals surface area contributed by atoms with Gasteiger partial charge in [0.15, 0.2) is 0 Å². The molecular weight excluding hydrogens is 1680 g/mol. The number of benzene rings is 21. The van der Waals surface area contributed by atoms with Crippen LogP contribution in [-0.4, -0.2) is 14.5 Å². The Bertz CT molecular complexity index is 9700. The second-order valence-electron chi connectivity index (χ2n) is 35.8. The zero-order chi connectivity index (χ0) is 87.7. The average molecular weight is 1760 g/mol. The number of H-pyrrole nitrogens is 2. The van der Waals surface area contributed by atoms with E-state index in [1.165, 1.54) is 264 Å². The standard InChI is InChI=1S/C28H18N2.C23H14S.2C19H12O.C19H12S.C18H11NS/c1-2-10-18(11-3-1)30-24-17-9-7-15-22(24)26-20-13-5-4-12-19(20)25-21-14-6-8-16-23(21)29-27(25)28(26)30;1-2-6-17-14(5-1)9-10-15-13-16-11-12-19-18-7-3-4-8-20(18)24-23(19)22(16)21(15)17;1-2-6-14-12(5-1)11-13-9-10-16-15-7-3-4-8-17(15)20-19(16)18(13)14;1-2-6-13-12(5-1)11-17-14(13)9-10-16-15-7-3-4-8-18(15)20-19(16)17;1-2-6-14-12(5-1)11-13-9-10-16-15-7-3-4-8-17(15)20-19(16)18(13)14;1-3-7-13-11(5-1)17-14(19-13)9-10-16-18(17)12-6-2-4-8-15(12)20-16/h1-17,29H;1-12H,13H2;3*1-10H,11H2;1-10,19H. The molecule has 4 aliphatic rings. The maximum atomic E-state index is 6.15. The van der Waals surface area contributed by atoms with Gasteiger partial charge in [0.25, 0.3) is 0 Å². The second kappa shape index (κ2) is 30.7. The van der Waals surface area contributed by atoms with Gasteiger partial charge < -0.3 is 23.4 Å². The molecule has 21 aromatic carbocycles. The summed E-state index contributed by atoms with van der Waals surface area (Å²) in [5, 5.41) is 26.4. The van der Waals surface area contributed by atoms with E-state index >= 15 is 0 Å². The van der Waals surface area contributed by atoms with Crippen LogP contribution in [0.1, 0.15) is 44.5 Å². The minimum atomic E-state index is 0.972.